The van der Waals surface area contributed by atoms with Crippen LogP contribution in [-0.4, -0.2) is 59.8 Å². The van der Waals surface area contributed by atoms with E-state index in [0.29, 0.717) is 0 Å². The number of hydrogen-bond acceptors (Lipinski definition) is 3. The summed E-state index contributed by atoms with van der Waals surface area (Å²) >= 11 is 0. The van der Waals surface area contributed by atoms with Gasteiger partial charge in [0.2, 0.25) is 0 Å². The lowest BCUT2D eigenvalue weighted by Gasteiger charge is -2.42. The molecule has 2 saturated heterocycles. The van der Waals surface area contributed by atoms with E-state index in [4.69, 9.17) is 0 Å². The molecule has 0 aliphatic carbocycles. The highest BCUT2D eigenvalue weighted by Crippen LogP contribution is 2.20. The van der Waals surface area contributed by atoms with E-state index in [-0.39, 0.29) is 0 Å². The first-order valence-electron chi connectivity index (χ1n) is 10.2. The Hall–Kier alpha value is -0.470. The van der Waals surface area contributed by atoms with Gasteiger partial charge < -0.3 is 0 Å². The van der Waals surface area contributed by atoms with Gasteiger partial charge in [-0.1, -0.05) is 73.8 Å². The predicted octanol–water partition coefficient (Wildman–Crippen LogP) is 4.50. The number of piperidine rings is 1. The standard InChI is InChI=1S/C16H26N3P.C3H8.C2H6/c20-19-12-10-18(11-13-19)16-6-8-17(9-7-16)14-15-4-2-1-3-5-15;1-3-2;1-2/h1-5,16H,6-14,20H2;3H2,1-2H3;1-2H3. The Morgan fingerprint density at radius 1 is 0.880 bits per heavy atom. The topological polar surface area (TPSA) is 9.72 Å². The smallest absolute Gasteiger partial charge is 0.0233 e. The summed E-state index contributed by atoms with van der Waals surface area (Å²) in [6.45, 7) is 16.8. The summed E-state index contributed by atoms with van der Waals surface area (Å²) in [6.07, 6.45) is 3.92. The Labute approximate surface area is 159 Å². The molecule has 2 heterocycles. The maximum absolute atomic E-state index is 2.84. The minimum absolute atomic E-state index is 0.820. The summed E-state index contributed by atoms with van der Waals surface area (Å²) in [6, 6.07) is 11.7. The van der Waals surface area contributed by atoms with Crippen LogP contribution in [0.15, 0.2) is 30.3 Å². The highest BCUT2D eigenvalue weighted by atomic mass is 31.0. The molecule has 0 bridgehead atoms. The highest BCUT2D eigenvalue weighted by Gasteiger charge is 2.26. The zero-order valence-corrected chi connectivity index (χ0v) is 18.1. The molecule has 1 unspecified atom stereocenters. The first-order chi connectivity index (χ1) is 12.2. The van der Waals surface area contributed by atoms with Crippen molar-refractivity contribution in [3.8, 4) is 0 Å². The van der Waals surface area contributed by atoms with Crippen LogP contribution >= 0.6 is 9.39 Å². The summed E-state index contributed by atoms with van der Waals surface area (Å²) in [5.41, 5.74) is 1.45. The van der Waals surface area contributed by atoms with E-state index in [0.717, 1.165) is 12.6 Å². The van der Waals surface area contributed by atoms with Crippen molar-refractivity contribution in [3.05, 3.63) is 35.9 Å². The van der Waals surface area contributed by atoms with Gasteiger partial charge in [0.1, 0.15) is 0 Å². The molecule has 0 saturated carbocycles. The van der Waals surface area contributed by atoms with E-state index >= 15 is 0 Å². The Kier molecular flexibility index (Phi) is 12.4. The second kappa shape index (κ2) is 13.7. The lowest BCUT2D eigenvalue weighted by atomic mass is 10.0. The van der Waals surface area contributed by atoms with Gasteiger partial charge in [-0.25, -0.2) is 0 Å². The average molecular weight is 366 g/mol. The zero-order chi connectivity index (χ0) is 18.5. The van der Waals surface area contributed by atoms with Crippen molar-refractivity contribution in [2.24, 2.45) is 0 Å². The van der Waals surface area contributed by atoms with Crippen LogP contribution in [0.25, 0.3) is 0 Å². The molecule has 1 aromatic carbocycles. The summed E-state index contributed by atoms with van der Waals surface area (Å²) < 4.78 is 2.36. The fourth-order valence-corrected chi connectivity index (χ4v) is 3.62. The van der Waals surface area contributed by atoms with Crippen LogP contribution in [-0.2, 0) is 6.54 Å². The first kappa shape index (κ1) is 22.6. The normalized spacial score (nSPS) is 20.2. The summed E-state index contributed by atoms with van der Waals surface area (Å²) in [5, 5.41) is 0. The molecule has 2 aliphatic rings. The Morgan fingerprint density at radius 3 is 1.92 bits per heavy atom. The molecule has 2 aliphatic heterocycles. The number of benzene rings is 1. The summed E-state index contributed by atoms with van der Waals surface area (Å²) in [4.78, 5) is 5.32. The molecule has 1 aromatic rings. The largest absolute Gasteiger partial charge is 0.299 e. The molecule has 0 spiro atoms. The fourth-order valence-electron chi connectivity index (χ4n) is 3.39. The zero-order valence-electron chi connectivity index (χ0n) is 17.0. The SMILES string of the molecule is CC.CCC.PN1CCN(C2CCN(Cc3ccccc3)CC2)CC1. The van der Waals surface area contributed by atoms with Crippen LogP contribution in [0.3, 0.4) is 0 Å². The molecule has 0 amide bonds. The van der Waals surface area contributed by atoms with E-state index in [9.17, 15) is 0 Å². The molecule has 0 N–H and O–H groups in total. The van der Waals surface area contributed by atoms with Gasteiger partial charge in [0, 0.05) is 38.8 Å². The van der Waals surface area contributed by atoms with Crippen molar-refractivity contribution in [3.63, 3.8) is 0 Å². The van der Waals surface area contributed by atoms with Crippen LogP contribution in [0.4, 0.5) is 0 Å². The molecular weight excluding hydrogens is 325 g/mol. The molecule has 25 heavy (non-hydrogen) atoms. The number of nitrogens with zero attached hydrogens (tertiary/aromatic N) is 3. The van der Waals surface area contributed by atoms with Crippen LogP contribution < -0.4 is 0 Å². The van der Waals surface area contributed by atoms with E-state index in [1.54, 1.807) is 0 Å². The van der Waals surface area contributed by atoms with Gasteiger partial charge in [0.05, 0.1) is 0 Å². The molecular formula is C21H40N3P. The van der Waals surface area contributed by atoms with Crippen LogP contribution in [0.2, 0.25) is 0 Å². The lowest BCUT2D eigenvalue weighted by Crippen LogP contribution is -2.51. The fraction of sp³-hybridized carbons (Fsp3) is 0.714. The van der Waals surface area contributed by atoms with Gasteiger partial charge in [0.15, 0.2) is 0 Å². The number of rotatable bonds is 3. The number of piperazine rings is 1. The van der Waals surface area contributed by atoms with Gasteiger partial charge in [-0.2, -0.15) is 0 Å². The van der Waals surface area contributed by atoms with Crippen molar-refractivity contribution in [2.45, 2.75) is 59.5 Å². The van der Waals surface area contributed by atoms with Crippen LogP contribution in [0, 0.1) is 0 Å². The predicted molar refractivity (Wildman–Crippen MR) is 115 cm³/mol. The Balaban J connectivity index is 0.000000567. The van der Waals surface area contributed by atoms with Crippen molar-refractivity contribution < 1.29 is 0 Å². The van der Waals surface area contributed by atoms with Crippen molar-refractivity contribution >= 4 is 9.39 Å². The Bertz CT molecular complexity index is 410. The van der Waals surface area contributed by atoms with E-state index in [1.165, 1.54) is 64.1 Å². The third kappa shape index (κ3) is 8.64. The maximum Gasteiger partial charge on any atom is 0.0233 e. The maximum atomic E-state index is 2.84. The molecule has 0 aromatic heterocycles. The third-order valence-corrected chi connectivity index (χ3v) is 5.19. The first-order valence-corrected chi connectivity index (χ1v) is 10.7. The second-order valence-corrected chi connectivity index (χ2v) is 7.50. The van der Waals surface area contributed by atoms with Crippen LogP contribution in [0.1, 0.15) is 52.5 Å². The van der Waals surface area contributed by atoms with Crippen molar-refractivity contribution in [2.75, 3.05) is 39.3 Å². The van der Waals surface area contributed by atoms with Crippen LogP contribution in [0.5, 0.6) is 0 Å². The molecule has 0 radical (unpaired) electrons. The number of likely N-dealkylation sites (tertiary alicyclic amines) is 1. The van der Waals surface area contributed by atoms with Gasteiger partial charge in [-0.05, 0) is 31.5 Å². The summed E-state index contributed by atoms with van der Waals surface area (Å²) in [5.74, 6) is 0. The highest BCUT2D eigenvalue weighted by molar-refractivity contribution is 7.13. The lowest BCUT2D eigenvalue weighted by molar-refractivity contribution is 0.0805. The van der Waals surface area contributed by atoms with Crippen molar-refractivity contribution in [1.29, 1.82) is 0 Å². The quantitative estimate of drug-likeness (QED) is 0.730. The van der Waals surface area contributed by atoms with Gasteiger partial charge in [0.25, 0.3) is 0 Å². The molecule has 2 fully saturated rings. The second-order valence-electron chi connectivity index (χ2n) is 6.77. The number of hydrogen-bond donors (Lipinski definition) is 0. The van der Waals surface area contributed by atoms with Gasteiger partial charge in [-0.15, -0.1) is 0 Å². The molecule has 1 atom stereocenters. The molecule has 3 nitrogen and oxygen atoms in total. The van der Waals surface area contributed by atoms with E-state index in [1.807, 2.05) is 13.8 Å². The molecule has 3 rings (SSSR count). The molecule has 144 valence electrons. The summed E-state index contributed by atoms with van der Waals surface area (Å²) in [7, 11) is 2.84. The monoisotopic (exact) mass is 365 g/mol. The minimum Gasteiger partial charge on any atom is -0.299 e. The Morgan fingerprint density at radius 2 is 1.40 bits per heavy atom. The third-order valence-electron chi connectivity index (χ3n) is 4.67. The van der Waals surface area contributed by atoms with E-state index in [2.05, 4.69) is 68.0 Å². The van der Waals surface area contributed by atoms with Gasteiger partial charge >= 0.3 is 0 Å². The molecule has 4 heteroatoms. The van der Waals surface area contributed by atoms with Crippen molar-refractivity contribution in [1.82, 2.24) is 14.5 Å². The average Bonchev–Trinajstić information content (AvgIpc) is 2.66. The minimum atomic E-state index is 0.820. The van der Waals surface area contributed by atoms with Gasteiger partial charge in [-0.3, -0.25) is 14.5 Å². The van der Waals surface area contributed by atoms with E-state index < -0.39 is 0 Å².